The molecule has 0 spiro atoms. The Labute approximate surface area is 145 Å². The molecular weight excluding hydrogens is 314 g/mol. The third-order valence-corrected chi connectivity index (χ3v) is 4.87. The quantitative estimate of drug-likeness (QED) is 0.625. The highest BCUT2D eigenvalue weighted by molar-refractivity contribution is 6.31. The molecule has 0 radical (unpaired) electrons. The number of H-pyrrole nitrogens is 1. The van der Waals surface area contributed by atoms with E-state index in [1.54, 1.807) is 30.3 Å². The van der Waals surface area contributed by atoms with Crippen LogP contribution >= 0.6 is 0 Å². The van der Waals surface area contributed by atoms with Crippen molar-refractivity contribution in [3.63, 3.8) is 0 Å². The molecule has 1 N–H and O–H groups in total. The molecule has 1 aliphatic carbocycles. The monoisotopic (exact) mass is 333 g/mol. The van der Waals surface area contributed by atoms with Gasteiger partial charge in [-0.25, -0.2) is 4.98 Å². The minimum atomic E-state index is -0.133. The van der Waals surface area contributed by atoms with E-state index < -0.39 is 0 Å². The smallest absolute Gasteiger partial charge is 0.196 e. The van der Waals surface area contributed by atoms with Crippen LogP contribution in [0.4, 0.5) is 0 Å². The first-order valence-electron chi connectivity index (χ1n) is 8.37. The summed E-state index contributed by atoms with van der Waals surface area (Å²) in [6.07, 6.45) is 0. The van der Waals surface area contributed by atoms with Crippen molar-refractivity contribution >= 4 is 22.6 Å². The van der Waals surface area contributed by atoms with Crippen LogP contribution in [0.25, 0.3) is 11.0 Å². The minimum absolute atomic E-state index is 0.115. The van der Waals surface area contributed by atoms with E-state index in [-0.39, 0.29) is 11.6 Å². The van der Waals surface area contributed by atoms with Crippen LogP contribution in [-0.4, -0.2) is 39.5 Å². The van der Waals surface area contributed by atoms with Gasteiger partial charge in [-0.2, -0.15) is 0 Å². The van der Waals surface area contributed by atoms with Crippen molar-refractivity contribution in [1.29, 1.82) is 0 Å². The second-order valence-electron chi connectivity index (χ2n) is 6.78. The molecule has 1 heterocycles. The fourth-order valence-electron chi connectivity index (χ4n) is 3.20. The lowest BCUT2D eigenvalue weighted by Crippen LogP contribution is -2.26. The van der Waals surface area contributed by atoms with Crippen molar-refractivity contribution in [3.8, 4) is 0 Å². The molecule has 0 amide bonds. The van der Waals surface area contributed by atoms with E-state index in [0.29, 0.717) is 40.4 Å². The van der Waals surface area contributed by atoms with Crippen molar-refractivity contribution in [2.75, 3.05) is 7.05 Å². The van der Waals surface area contributed by atoms with Crippen LogP contribution < -0.4 is 0 Å². The summed E-state index contributed by atoms with van der Waals surface area (Å²) < 4.78 is 0. The Bertz CT molecular complexity index is 1020. The third-order valence-electron chi connectivity index (χ3n) is 4.87. The SMILES string of the molecule is CC(C)N(C)Cc1nc2c3c(ccc2[nH]1)C(=O)c1ccccc1C3=O. The highest BCUT2D eigenvalue weighted by Gasteiger charge is 2.31. The number of benzene rings is 2. The summed E-state index contributed by atoms with van der Waals surface area (Å²) in [5, 5.41) is 0. The molecular formula is C20H19N3O2. The molecule has 4 rings (SSSR count). The van der Waals surface area contributed by atoms with Crippen LogP contribution in [0.5, 0.6) is 0 Å². The van der Waals surface area contributed by atoms with E-state index >= 15 is 0 Å². The number of hydrogen-bond acceptors (Lipinski definition) is 4. The molecule has 0 atom stereocenters. The highest BCUT2D eigenvalue weighted by Crippen LogP contribution is 2.31. The van der Waals surface area contributed by atoms with E-state index in [1.165, 1.54) is 0 Å². The van der Waals surface area contributed by atoms with E-state index in [9.17, 15) is 9.59 Å². The van der Waals surface area contributed by atoms with Crippen LogP contribution in [0.15, 0.2) is 36.4 Å². The molecule has 2 aromatic carbocycles. The predicted octanol–water partition coefficient (Wildman–Crippen LogP) is 3.18. The van der Waals surface area contributed by atoms with Crippen molar-refractivity contribution in [1.82, 2.24) is 14.9 Å². The summed E-state index contributed by atoms with van der Waals surface area (Å²) >= 11 is 0. The molecule has 3 aromatic rings. The van der Waals surface area contributed by atoms with Gasteiger partial charge in [0, 0.05) is 22.7 Å². The Morgan fingerprint density at radius 1 is 1.00 bits per heavy atom. The molecule has 25 heavy (non-hydrogen) atoms. The van der Waals surface area contributed by atoms with Gasteiger partial charge in [-0.1, -0.05) is 24.3 Å². The van der Waals surface area contributed by atoms with E-state index in [1.807, 2.05) is 13.1 Å². The van der Waals surface area contributed by atoms with Crippen LogP contribution in [-0.2, 0) is 6.54 Å². The Kier molecular flexibility index (Phi) is 3.54. The van der Waals surface area contributed by atoms with E-state index in [2.05, 4.69) is 28.7 Å². The molecule has 0 bridgehead atoms. The normalized spacial score (nSPS) is 13.6. The Morgan fingerprint density at radius 3 is 2.36 bits per heavy atom. The number of fused-ring (bicyclic) bond motifs is 4. The van der Waals surface area contributed by atoms with Gasteiger partial charge in [0.05, 0.1) is 17.6 Å². The number of nitrogens with one attached hydrogen (secondary N) is 1. The zero-order valence-electron chi connectivity index (χ0n) is 14.5. The van der Waals surface area contributed by atoms with Crippen molar-refractivity contribution in [2.45, 2.75) is 26.4 Å². The zero-order valence-corrected chi connectivity index (χ0v) is 14.5. The lowest BCUT2D eigenvalue weighted by Gasteiger charge is -2.19. The maximum atomic E-state index is 13.0. The van der Waals surface area contributed by atoms with E-state index in [4.69, 9.17) is 0 Å². The standard InChI is InChI=1S/C20H19N3O2/c1-11(2)23(3)10-16-21-15-9-8-14-17(18(15)22-16)20(25)13-7-5-4-6-12(13)19(14)24/h4-9,11H,10H2,1-3H3,(H,21,22). The topological polar surface area (TPSA) is 66.1 Å². The summed E-state index contributed by atoms with van der Waals surface area (Å²) in [4.78, 5) is 35.8. The molecule has 0 aliphatic heterocycles. The summed E-state index contributed by atoms with van der Waals surface area (Å²) in [6, 6.07) is 10.9. The molecule has 126 valence electrons. The lowest BCUT2D eigenvalue weighted by molar-refractivity contribution is 0.0980. The number of carbonyl (C=O) groups is 2. The molecule has 0 unspecified atom stereocenters. The summed E-state index contributed by atoms with van der Waals surface area (Å²) in [5.41, 5.74) is 3.14. The van der Waals surface area contributed by atoms with Gasteiger partial charge in [0.2, 0.25) is 0 Å². The fraction of sp³-hybridized carbons (Fsp3) is 0.250. The molecule has 1 aromatic heterocycles. The number of aromatic amines is 1. The second-order valence-corrected chi connectivity index (χ2v) is 6.78. The molecule has 1 aliphatic rings. The fourth-order valence-corrected chi connectivity index (χ4v) is 3.20. The number of imidazole rings is 1. The van der Waals surface area contributed by atoms with Gasteiger partial charge >= 0.3 is 0 Å². The number of carbonyl (C=O) groups excluding carboxylic acids is 2. The lowest BCUT2D eigenvalue weighted by atomic mass is 9.83. The van der Waals surface area contributed by atoms with Gasteiger partial charge < -0.3 is 4.98 Å². The highest BCUT2D eigenvalue weighted by atomic mass is 16.1. The number of ketones is 2. The second kappa shape index (κ2) is 5.63. The molecule has 0 saturated carbocycles. The first kappa shape index (κ1) is 15.7. The van der Waals surface area contributed by atoms with Gasteiger partial charge in [-0.15, -0.1) is 0 Å². The average molecular weight is 333 g/mol. The van der Waals surface area contributed by atoms with Crippen molar-refractivity contribution in [2.24, 2.45) is 0 Å². The van der Waals surface area contributed by atoms with Crippen LogP contribution in [0.1, 0.15) is 51.5 Å². The molecule has 5 heteroatoms. The van der Waals surface area contributed by atoms with Gasteiger partial charge in [-0.05, 0) is 33.0 Å². The molecule has 0 fully saturated rings. The maximum absolute atomic E-state index is 13.0. The summed E-state index contributed by atoms with van der Waals surface area (Å²) in [5.74, 6) is 0.542. The van der Waals surface area contributed by atoms with Crippen LogP contribution in [0, 0.1) is 0 Å². The number of rotatable bonds is 3. The number of aromatic nitrogens is 2. The first-order valence-corrected chi connectivity index (χ1v) is 8.37. The van der Waals surface area contributed by atoms with Gasteiger partial charge in [0.15, 0.2) is 11.6 Å². The van der Waals surface area contributed by atoms with Gasteiger partial charge in [0.25, 0.3) is 0 Å². The van der Waals surface area contributed by atoms with Crippen molar-refractivity contribution in [3.05, 3.63) is 64.5 Å². The zero-order chi connectivity index (χ0) is 17.7. The first-order chi connectivity index (χ1) is 12.0. The van der Waals surface area contributed by atoms with Crippen LogP contribution in [0.3, 0.4) is 0 Å². The van der Waals surface area contributed by atoms with E-state index in [0.717, 1.165) is 11.3 Å². The Morgan fingerprint density at radius 2 is 1.68 bits per heavy atom. The third kappa shape index (κ3) is 2.39. The van der Waals surface area contributed by atoms with Gasteiger partial charge in [0.1, 0.15) is 11.3 Å². The summed E-state index contributed by atoms with van der Waals surface area (Å²) in [7, 11) is 2.03. The Balaban J connectivity index is 1.87. The average Bonchev–Trinajstić information content (AvgIpc) is 3.01. The predicted molar refractivity (Wildman–Crippen MR) is 96.0 cm³/mol. The maximum Gasteiger partial charge on any atom is 0.196 e. The minimum Gasteiger partial charge on any atom is -0.341 e. The summed E-state index contributed by atoms with van der Waals surface area (Å²) in [6.45, 7) is 4.88. The molecule has 5 nitrogen and oxygen atoms in total. The number of nitrogens with zero attached hydrogens (tertiary/aromatic N) is 2. The number of hydrogen-bond donors (Lipinski definition) is 1. The van der Waals surface area contributed by atoms with Crippen molar-refractivity contribution < 1.29 is 9.59 Å². The van der Waals surface area contributed by atoms with Crippen LogP contribution in [0.2, 0.25) is 0 Å². The largest absolute Gasteiger partial charge is 0.341 e. The Hall–Kier alpha value is -2.79. The van der Waals surface area contributed by atoms with Gasteiger partial charge in [-0.3, -0.25) is 14.5 Å². The molecule has 0 saturated heterocycles.